The number of methoxy groups -OCH3 is 3. The lowest BCUT2D eigenvalue weighted by Crippen LogP contribution is -2.37. The molecule has 2 aromatic rings. The molecule has 0 saturated carbocycles. The van der Waals surface area contributed by atoms with Crippen LogP contribution in [0.25, 0.3) is 0 Å². The summed E-state index contributed by atoms with van der Waals surface area (Å²) in [5, 5.41) is 2.89. The molecule has 6 heteroatoms. The third-order valence-corrected chi connectivity index (χ3v) is 3.92. The molecule has 1 N–H and O–H groups in total. The Morgan fingerprint density at radius 1 is 0.962 bits per heavy atom. The van der Waals surface area contributed by atoms with E-state index in [4.69, 9.17) is 18.9 Å². The SMILES string of the molecule is CC[C@@H](Oc1ccccc1)C(=O)NCc1ccc(OC)c(OC)c1OC. The highest BCUT2D eigenvalue weighted by Gasteiger charge is 2.20. The molecule has 6 nitrogen and oxygen atoms in total. The molecule has 0 fully saturated rings. The Kier molecular flexibility index (Phi) is 7.14. The molecule has 0 spiro atoms. The van der Waals surface area contributed by atoms with E-state index in [1.807, 2.05) is 43.3 Å². The number of carbonyl (C=O) groups is 1. The summed E-state index contributed by atoms with van der Waals surface area (Å²) < 4.78 is 21.8. The van der Waals surface area contributed by atoms with Gasteiger partial charge < -0.3 is 24.3 Å². The van der Waals surface area contributed by atoms with E-state index in [1.54, 1.807) is 27.4 Å². The Morgan fingerprint density at radius 2 is 1.65 bits per heavy atom. The third kappa shape index (κ3) is 4.59. The van der Waals surface area contributed by atoms with Gasteiger partial charge in [-0.25, -0.2) is 0 Å². The Labute approximate surface area is 154 Å². The van der Waals surface area contributed by atoms with Crippen molar-refractivity contribution in [1.82, 2.24) is 5.32 Å². The predicted molar refractivity (Wildman–Crippen MR) is 99.1 cm³/mol. The normalized spacial score (nSPS) is 11.4. The smallest absolute Gasteiger partial charge is 0.261 e. The maximum absolute atomic E-state index is 12.5. The van der Waals surface area contributed by atoms with Crippen LogP contribution in [0.1, 0.15) is 18.9 Å². The lowest BCUT2D eigenvalue weighted by molar-refractivity contribution is -0.128. The summed E-state index contributed by atoms with van der Waals surface area (Å²) >= 11 is 0. The monoisotopic (exact) mass is 359 g/mol. The minimum absolute atomic E-state index is 0.187. The second-order valence-electron chi connectivity index (χ2n) is 5.54. The van der Waals surface area contributed by atoms with Crippen molar-refractivity contribution >= 4 is 5.91 Å². The zero-order valence-electron chi connectivity index (χ0n) is 15.6. The maximum atomic E-state index is 12.5. The van der Waals surface area contributed by atoms with Crippen LogP contribution in [0.15, 0.2) is 42.5 Å². The number of ether oxygens (including phenoxy) is 4. The highest BCUT2D eigenvalue weighted by Crippen LogP contribution is 2.39. The van der Waals surface area contributed by atoms with Gasteiger partial charge in [-0.3, -0.25) is 4.79 Å². The Balaban J connectivity index is 2.08. The first-order chi connectivity index (χ1) is 12.6. The zero-order valence-corrected chi connectivity index (χ0v) is 15.6. The number of benzene rings is 2. The van der Waals surface area contributed by atoms with Gasteiger partial charge in [0, 0.05) is 12.1 Å². The van der Waals surface area contributed by atoms with Crippen LogP contribution in [0.4, 0.5) is 0 Å². The summed E-state index contributed by atoms with van der Waals surface area (Å²) in [5.41, 5.74) is 0.785. The summed E-state index contributed by atoms with van der Waals surface area (Å²) in [5.74, 6) is 2.07. The Bertz CT molecular complexity index is 718. The van der Waals surface area contributed by atoms with Crippen LogP contribution in [0.2, 0.25) is 0 Å². The largest absolute Gasteiger partial charge is 0.493 e. The van der Waals surface area contributed by atoms with Crippen molar-refractivity contribution in [2.45, 2.75) is 26.0 Å². The number of hydrogen-bond acceptors (Lipinski definition) is 5. The molecule has 0 heterocycles. The number of nitrogens with one attached hydrogen (secondary N) is 1. The Morgan fingerprint density at radius 3 is 2.23 bits per heavy atom. The molecule has 0 aliphatic carbocycles. The molecule has 0 bridgehead atoms. The van der Waals surface area contributed by atoms with Gasteiger partial charge in [0.25, 0.3) is 5.91 Å². The molecule has 2 aromatic carbocycles. The molecular weight excluding hydrogens is 334 g/mol. The molecule has 2 rings (SSSR count). The first-order valence-corrected chi connectivity index (χ1v) is 8.41. The maximum Gasteiger partial charge on any atom is 0.261 e. The number of amides is 1. The van der Waals surface area contributed by atoms with Gasteiger partial charge in [-0.05, 0) is 30.7 Å². The van der Waals surface area contributed by atoms with Crippen LogP contribution in [0.3, 0.4) is 0 Å². The van der Waals surface area contributed by atoms with Gasteiger partial charge in [0.2, 0.25) is 5.75 Å². The van der Waals surface area contributed by atoms with Crippen molar-refractivity contribution in [3.63, 3.8) is 0 Å². The van der Waals surface area contributed by atoms with E-state index in [-0.39, 0.29) is 12.5 Å². The first kappa shape index (κ1) is 19.4. The van der Waals surface area contributed by atoms with E-state index < -0.39 is 6.10 Å². The number of rotatable bonds is 9. The van der Waals surface area contributed by atoms with Crippen molar-refractivity contribution in [3.8, 4) is 23.0 Å². The standard InChI is InChI=1S/C20H25NO5/c1-5-16(26-15-9-7-6-8-10-15)20(22)21-13-14-11-12-17(23-2)19(25-4)18(14)24-3/h6-12,16H,5,13H2,1-4H3,(H,21,22)/t16-/m1/s1. The predicted octanol–water partition coefficient (Wildman–Crippen LogP) is 3.19. The lowest BCUT2D eigenvalue weighted by atomic mass is 10.1. The van der Waals surface area contributed by atoms with Crippen molar-refractivity contribution in [2.75, 3.05) is 21.3 Å². The van der Waals surface area contributed by atoms with E-state index in [9.17, 15) is 4.79 Å². The molecule has 26 heavy (non-hydrogen) atoms. The summed E-state index contributed by atoms with van der Waals surface area (Å²) in [6.45, 7) is 2.20. The van der Waals surface area contributed by atoms with E-state index >= 15 is 0 Å². The molecular formula is C20H25NO5. The van der Waals surface area contributed by atoms with Crippen molar-refractivity contribution in [3.05, 3.63) is 48.0 Å². The van der Waals surface area contributed by atoms with Crippen molar-refractivity contribution in [2.24, 2.45) is 0 Å². The fraction of sp³-hybridized carbons (Fsp3) is 0.350. The van der Waals surface area contributed by atoms with Crippen LogP contribution in [0.5, 0.6) is 23.0 Å². The van der Waals surface area contributed by atoms with E-state index in [0.29, 0.717) is 29.4 Å². The van der Waals surface area contributed by atoms with Crippen molar-refractivity contribution < 1.29 is 23.7 Å². The summed E-state index contributed by atoms with van der Waals surface area (Å²) in [4.78, 5) is 12.5. The molecule has 0 saturated heterocycles. The lowest BCUT2D eigenvalue weighted by Gasteiger charge is -2.19. The van der Waals surface area contributed by atoms with Crippen LogP contribution >= 0.6 is 0 Å². The third-order valence-electron chi connectivity index (χ3n) is 3.92. The second kappa shape index (κ2) is 9.56. The van der Waals surface area contributed by atoms with Crippen LogP contribution in [-0.2, 0) is 11.3 Å². The fourth-order valence-electron chi connectivity index (χ4n) is 2.58. The molecule has 1 atom stereocenters. The number of carbonyl (C=O) groups excluding carboxylic acids is 1. The van der Waals surface area contributed by atoms with Crippen LogP contribution < -0.4 is 24.3 Å². The topological polar surface area (TPSA) is 66.0 Å². The summed E-state index contributed by atoms with van der Waals surface area (Å²) in [6.07, 6.45) is -0.00685. The summed E-state index contributed by atoms with van der Waals surface area (Å²) in [6, 6.07) is 12.9. The molecule has 0 aliphatic heterocycles. The Hall–Kier alpha value is -2.89. The van der Waals surface area contributed by atoms with E-state index in [0.717, 1.165) is 5.56 Å². The minimum atomic E-state index is -0.566. The van der Waals surface area contributed by atoms with E-state index in [2.05, 4.69) is 5.32 Å². The zero-order chi connectivity index (χ0) is 18.9. The number of para-hydroxylation sites is 1. The summed E-state index contributed by atoms with van der Waals surface area (Å²) in [7, 11) is 4.66. The molecule has 140 valence electrons. The van der Waals surface area contributed by atoms with Gasteiger partial charge in [-0.15, -0.1) is 0 Å². The highest BCUT2D eigenvalue weighted by atomic mass is 16.5. The average molecular weight is 359 g/mol. The van der Waals surface area contributed by atoms with Crippen LogP contribution in [0, 0.1) is 0 Å². The molecule has 0 aromatic heterocycles. The van der Waals surface area contributed by atoms with Gasteiger partial charge in [0.05, 0.1) is 21.3 Å². The number of hydrogen-bond donors (Lipinski definition) is 1. The quantitative estimate of drug-likeness (QED) is 0.745. The van der Waals surface area contributed by atoms with Gasteiger partial charge in [-0.2, -0.15) is 0 Å². The van der Waals surface area contributed by atoms with Gasteiger partial charge in [0.15, 0.2) is 17.6 Å². The van der Waals surface area contributed by atoms with Crippen LogP contribution in [-0.4, -0.2) is 33.3 Å². The minimum Gasteiger partial charge on any atom is -0.493 e. The van der Waals surface area contributed by atoms with Gasteiger partial charge >= 0.3 is 0 Å². The molecule has 0 aliphatic rings. The van der Waals surface area contributed by atoms with Crippen molar-refractivity contribution in [1.29, 1.82) is 0 Å². The fourth-order valence-corrected chi connectivity index (χ4v) is 2.58. The molecule has 0 unspecified atom stereocenters. The molecule has 1 amide bonds. The first-order valence-electron chi connectivity index (χ1n) is 8.41. The average Bonchev–Trinajstić information content (AvgIpc) is 2.69. The highest BCUT2D eigenvalue weighted by molar-refractivity contribution is 5.81. The van der Waals surface area contributed by atoms with Gasteiger partial charge in [0.1, 0.15) is 5.75 Å². The molecule has 0 radical (unpaired) electrons. The second-order valence-corrected chi connectivity index (χ2v) is 5.54. The van der Waals surface area contributed by atoms with Gasteiger partial charge in [-0.1, -0.05) is 25.1 Å². The van der Waals surface area contributed by atoms with E-state index in [1.165, 1.54) is 0 Å².